The maximum Gasteiger partial charge on any atom is 0.145 e. The van der Waals surface area contributed by atoms with Crippen molar-refractivity contribution in [2.45, 2.75) is 0 Å². The second-order valence-electron chi connectivity index (χ2n) is 7.85. The van der Waals surface area contributed by atoms with Gasteiger partial charge in [0, 0.05) is 16.6 Å². The molecule has 0 aliphatic carbocycles. The highest BCUT2D eigenvalue weighted by atomic mass is 19.1. The maximum atomic E-state index is 13.7. The Morgan fingerprint density at radius 1 is 0.594 bits per heavy atom. The summed E-state index contributed by atoms with van der Waals surface area (Å²) in [6, 6.07) is 37.8. The largest absolute Gasteiger partial charge is 0.292 e. The molecule has 0 radical (unpaired) electrons. The Morgan fingerprint density at radius 2 is 1.31 bits per heavy atom. The zero-order valence-electron chi connectivity index (χ0n) is 17.2. The lowest BCUT2D eigenvalue weighted by Crippen LogP contribution is -1.98. The van der Waals surface area contributed by atoms with Gasteiger partial charge in [0.2, 0.25) is 0 Å². The van der Waals surface area contributed by atoms with Gasteiger partial charge in [-0.25, -0.2) is 9.37 Å². The summed E-state index contributed by atoms with van der Waals surface area (Å²) in [5.41, 5.74) is 6.11. The van der Waals surface area contributed by atoms with Gasteiger partial charge < -0.3 is 0 Å². The Hall–Kier alpha value is -4.24. The summed E-state index contributed by atoms with van der Waals surface area (Å²) in [5.74, 6) is 0.580. The maximum absolute atomic E-state index is 13.7. The van der Waals surface area contributed by atoms with Crippen LogP contribution in [0.2, 0.25) is 0 Å². The number of hydrogen-bond acceptors (Lipinski definition) is 1. The molecule has 0 N–H and O–H groups in total. The van der Waals surface area contributed by atoms with Crippen LogP contribution >= 0.6 is 0 Å². The second kappa shape index (κ2) is 7.47. The first-order valence-electron chi connectivity index (χ1n) is 10.6. The SMILES string of the molecule is Fc1ccc(-n2c(-c3cccc(-c4ccccc4)c3)nc3ccc4ccccc4c32)cc1. The Bertz CT molecular complexity index is 1560. The van der Waals surface area contributed by atoms with E-state index in [2.05, 4.69) is 65.2 Å². The van der Waals surface area contributed by atoms with E-state index >= 15 is 0 Å². The Labute approximate surface area is 185 Å². The molecule has 152 valence electrons. The third kappa shape index (κ3) is 3.07. The standard InChI is InChI=1S/C29H19FN2/c30-24-14-16-25(17-15-24)32-28-26-12-5-4-9-21(26)13-18-27(28)31-29(32)23-11-6-10-22(19-23)20-7-2-1-3-8-20/h1-19H. The number of rotatable bonds is 3. The lowest BCUT2D eigenvalue weighted by atomic mass is 10.0. The average molecular weight is 414 g/mol. The number of nitrogens with zero attached hydrogens (tertiary/aromatic N) is 2. The minimum atomic E-state index is -0.254. The lowest BCUT2D eigenvalue weighted by Gasteiger charge is -2.12. The van der Waals surface area contributed by atoms with Crippen molar-refractivity contribution in [2.75, 3.05) is 0 Å². The van der Waals surface area contributed by atoms with Crippen LogP contribution in [0, 0.1) is 5.82 Å². The number of halogens is 1. The van der Waals surface area contributed by atoms with Gasteiger partial charge in [0.15, 0.2) is 0 Å². The van der Waals surface area contributed by atoms with Gasteiger partial charge in [0.1, 0.15) is 11.6 Å². The smallest absolute Gasteiger partial charge is 0.145 e. The van der Waals surface area contributed by atoms with Crippen LogP contribution in [-0.2, 0) is 0 Å². The van der Waals surface area contributed by atoms with Gasteiger partial charge in [0.25, 0.3) is 0 Å². The molecule has 0 bridgehead atoms. The molecule has 3 heteroatoms. The molecule has 32 heavy (non-hydrogen) atoms. The molecule has 5 aromatic carbocycles. The summed E-state index contributed by atoms with van der Waals surface area (Å²) in [6.45, 7) is 0. The molecule has 0 aliphatic rings. The van der Waals surface area contributed by atoms with Crippen LogP contribution in [-0.4, -0.2) is 9.55 Å². The van der Waals surface area contributed by atoms with Gasteiger partial charge in [-0.15, -0.1) is 0 Å². The van der Waals surface area contributed by atoms with E-state index in [1.54, 1.807) is 0 Å². The van der Waals surface area contributed by atoms with E-state index in [0.29, 0.717) is 0 Å². The molecule has 0 fully saturated rings. The molecule has 0 saturated heterocycles. The summed E-state index contributed by atoms with van der Waals surface area (Å²) in [6.07, 6.45) is 0. The van der Waals surface area contributed by atoms with Gasteiger partial charge >= 0.3 is 0 Å². The van der Waals surface area contributed by atoms with E-state index < -0.39 is 0 Å². The monoisotopic (exact) mass is 414 g/mol. The van der Waals surface area contributed by atoms with Gasteiger partial charge in [-0.05, 0) is 52.9 Å². The molecule has 0 amide bonds. The lowest BCUT2D eigenvalue weighted by molar-refractivity contribution is 0.627. The fourth-order valence-corrected chi connectivity index (χ4v) is 4.34. The fraction of sp³-hybridized carbons (Fsp3) is 0. The molecule has 0 aliphatic heterocycles. The van der Waals surface area contributed by atoms with Crippen molar-refractivity contribution in [3.8, 4) is 28.2 Å². The van der Waals surface area contributed by atoms with Crippen molar-refractivity contribution in [3.63, 3.8) is 0 Å². The molecule has 2 nitrogen and oxygen atoms in total. The van der Waals surface area contributed by atoms with E-state index in [9.17, 15) is 4.39 Å². The number of imidazole rings is 1. The zero-order valence-corrected chi connectivity index (χ0v) is 17.2. The van der Waals surface area contributed by atoms with E-state index in [1.165, 1.54) is 12.1 Å². The van der Waals surface area contributed by atoms with Gasteiger partial charge in [0.05, 0.1) is 11.0 Å². The molecule has 0 saturated carbocycles. The van der Waals surface area contributed by atoms with Crippen LogP contribution in [0.5, 0.6) is 0 Å². The Balaban J connectivity index is 1.67. The molecule has 1 aromatic heterocycles. The third-order valence-electron chi connectivity index (χ3n) is 5.85. The van der Waals surface area contributed by atoms with Crippen LogP contribution in [0.25, 0.3) is 50.0 Å². The zero-order chi connectivity index (χ0) is 21.5. The van der Waals surface area contributed by atoms with Crippen LogP contribution < -0.4 is 0 Å². The van der Waals surface area contributed by atoms with Crippen LogP contribution in [0.15, 0.2) is 115 Å². The number of hydrogen-bond donors (Lipinski definition) is 0. The quantitative estimate of drug-likeness (QED) is 0.291. The first kappa shape index (κ1) is 18.5. The predicted octanol–water partition coefficient (Wildman–Crippen LogP) is 7.65. The van der Waals surface area contributed by atoms with Gasteiger partial charge in [-0.3, -0.25) is 4.57 Å². The van der Waals surface area contributed by atoms with E-state index in [4.69, 9.17) is 4.98 Å². The third-order valence-corrected chi connectivity index (χ3v) is 5.85. The summed E-state index contributed by atoms with van der Waals surface area (Å²) in [5, 5.41) is 2.26. The van der Waals surface area contributed by atoms with E-state index in [-0.39, 0.29) is 5.82 Å². The Kier molecular flexibility index (Phi) is 4.32. The summed E-state index contributed by atoms with van der Waals surface area (Å²) >= 11 is 0. The molecule has 0 spiro atoms. The highest BCUT2D eigenvalue weighted by Gasteiger charge is 2.17. The molecule has 6 aromatic rings. The minimum absolute atomic E-state index is 0.254. The number of benzene rings is 5. The van der Waals surface area contributed by atoms with Gasteiger partial charge in [-0.1, -0.05) is 78.9 Å². The second-order valence-corrected chi connectivity index (χ2v) is 7.85. The van der Waals surface area contributed by atoms with Crippen molar-refractivity contribution in [1.82, 2.24) is 9.55 Å². The summed E-state index contributed by atoms with van der Waals surface area (Å²) < 4.78 is 15.9. The average Bonchev–Trinajstić information content (AvgIpc) is 3.25. The molecule has 6 rings (SSSR count). The molecular formula is C29H19FN2. The highest BCUT2D eigenvalue weighted by Crippen LogP contribution is 2.34. The fourth-order valence-electron chi connectivity index (χ4n) is 4.34. The van der Waals surface area contributed by atoms with E-state index in [0.717, 1.165) is 50.0 Å². The normalized spacial score (nSPS) is 11.3. The number of fused-ring (bicyclic) bond motifs is 3. The molecular weight excluding hydrogens is 395 g/mol. The minimum Gasteiger partial charge on any atom is -0.292 e. The van der Waals surface area contributed by atoms with Crippen LogP contribution in [0.4, 0.5) is 4.39 Å². The molecule has 0 atom stereocenters. The summed E-state index contributed by atoms with van der Waals surface area (Å²) in [7, 11) is 0. The van der Waals surface area contributed by atoms with Crippen LogP contribution in [0.1, 0.15) is 0 Å². The van der Waals surface area contributed by atoms with Crippen molar-refractivity contribution in [2.24, 2.45) is 0 Å². The van der Waals surface area contributed by atoms with Crippen LogP contribution in [0.3, 0.4) is 0 Å². The first-order chi connectivity index (χ1) is 15.8. The molecule has 0 unspecified atom stereocenters. The van der Waals surface area contributed by atoms with Crippen molar-refractivity contribution in [1.29, 1.82) is 0 Å². The van der Waals surface area contributed by atoms with Crippen molar-refractivity contribution < 1.29 is 4.39 Å². The van der Waals surface area contributed by atoms with Crippen molar-refractivity contribution >= 4 is 21.8 Å². The highest BCUT2D eigenvalue weighted by molar-refractivity contribution is 6.06. The van der Waals surface area contributed by atoms with E-state index in [1.807, 2.05) is 42.5 Å². The molecule has 1 heterocycles. The first-order valence-corrected chi connectivity index (χ1v) is 10.6. The van der Waals surface area contributed by atoms with Gasteiger partial charge in [-0.2, -0.15) is 0 Å². The Morgan fingerprint density at radius 3 is 2.16 bits per heavy atom. The predicted molar refractivity (Wildman–Crippen MR) is 129 cm³/mol. The number of aromatic nitrogens is 2. The topological polar surface area (TPSA) is 17.8 Å². The summed E-state index contributed by atoms with van der Waals surface area (Å²) in [4.78, 5) is 5.04. The van der Waals surface area contributed by atoms with Crippen molar-refractivity contribution in [3.05, 3.63) is 121 Å².